The fourth-order valence-corrected chi connectivity index (χ4v) is 3.32. The third-order valence-electron chi connectivity index (χ3n) is 4.13. The zero-order valence-corrected chi connectivity index (χ0v) is 15.2. The topological polar surface area (TPSA) is 85.1 Å². The summed E-state index contributed by atoms with van der Waals surface area (Å²) in [6, 6.07) is 12.6. The Bertz CT molecular complexity index is 964. The van der Waals surface area contributed by atoms with Crippen LogP contribution >= 0.6 is 11.3 Å². The van der Waals surface area contributed by atoms with Crippen LogP contribution in [0.3, 0.4) is 0 Å². The third kappa shape index (κ3) is 3.62. The van der Waals surface area contributed by atoms with E-state index in [0.29, 0.717) is 10.7 Å². The highest BCUT2D eigenvalue weighted by atomic mass is 32.1. The number of hydrogen-bond acceptors (Lipinski definition) is 5. The Balaban J connectivity index is 1.80. The lowest BCUT2D eigenvalue weighted by Gasteiger charge is -2.05. The molecule has 0 bridgehead atoms. The Morgan fingerprint density at radius 3 is 2.62 bits per heavy atom. The molecule has 0 atom stereocenters. The molecule has 0 saturated carbocycles. The van der Waals surface area contributed by atoms with E-state index in [1.807, 2.05) is 17.5 Å². The second-order valence-electron chi connectivity index (χ2n) is 5.75. The fourth-order valence-electron chi connectivity index (χ4n) is 2.61. The van der Waals surface area contributed by atoms with Crippen LogP contribution < -0.4 is 5.32 Å². The van der Waals surface area contributed by atoms with Gasteiger partial charge in [0.05, 0.1) is 10.6 Å². The number of aromatic nitrogens is 1. The summed E-state index contributed by atoms with van der Waals surface area (Å²) >= 11 is 1.32. The lowest BCUT2D eigenvalue weighted by atomic mass is 10.1. The zero-order chi connectivity index (χ0) is 18.7. The Labute approximate surface area is 154 Å². The van der Waals surface area contributed by atoms with E-state index >= 15 is 0 Å². The van der Waals surface area contributed by atoms with Crippen molar-refractivity contribution in [3.63, 3.8) is 0 Å². The first kappa shape index (κ1) is 17.8. The number of nitro groups is 1. The summed E-state index contributed by atoms with van der Waals surface area (Å²) in [5.74, 6) is -0.409. The minimum absolute atomic E-state index is 0.0755. The molecule has 0 aliphatic rings. The minimum atomic E-state index is -0.492. The van der Waals surface area contributed by atoms with Gasteiger partial charge in [0.2, 0.25) is 0 Å². The van der Waals surface area contributed by atoms with Crippen molar-refractivity contribution in [3.05, 3.63) is 74.6 Å². The summed E-state index contributed by atoms with van der Waals surface area (Å²) in [5, 5.41) is 16.1. The van der Waals surface area contributed by atoms with Gasteiger partial charge in [-0.15, -0.1) is 11.3 Å². The molecule has 0 radical (unpaired) electrons. The molecule has 26 heavy (non-hydrogen) atoms. The first-order valence-corrected chi connectivity index (χ1v) is 8.97. The molecule has 0 saturated heterocycles. The van der Waals surface area contributed by atoms with Crippen LogP contribution in [-0.2, 0) is 6.42 Å². The summed E-state index contributed by atoms with van der Waals surface area (Å²) in [7, 11) is 0. The molecule has 2 aromatic carbocycles. The number of carbonyl (C=O) groups excluding carboxylic acids is 1. The minimum Gasteiger partial charge on any atom is -0.298 e. The summed E-state index contributed by atoms with van der Waals surface area (Å²) < 4.78 is 0. The van der Waals surface area contributed by atoms with Crippen molar-refractivity contribution in [1.29, 1.82) is 0 Å². The molecule has 0 unspecified atom stereocenters. The van der Waals surface area contributed by atoms with E-state index in [0.717, 1.165) is 17.7 Å². The Morgan fingerprint density at radius 2 is 1.96 bits per heavy atom. The predicted octanol–water partition coefficient (Wildman–Crippen LogP) is 4.84. The summed E-state index contributed by atoms with van der Waals surface area (Å²) in [4.78, 5) is 27.4. The van der Waals surface area contributed by atoms with E-state index in [1.54, 1.807) is 13.0 Å². The molecule has 1 aromatic heterocycles. The maximum Gasteiger partial charge on any atom is 0.273 e. The van der Waals surface area contributed by atoms with E-state index in [9.17, 15) is 14.9 Å². The molecule has 0 aliphatic carbocycles. The van der Waals surface area contributed by atoms with Gasteiger partial charge in [0, 0.05) is 28.1 Å². The van der Waals surface area contributed by atoms with Crippen molar-refractivity contribution < 1.29 is 9.72 Å². The van der Waals surface area contributed by atoms with Crippen LogP contribution in [0.2, 0.25) is 0 Å². The number of amides is 1. The van der Waals surface area contributed by atoms with Gasteiger partial charge >= 0.3 is 0 Å². The van der Waals surface area contributed by atoms with Crippen molar-refractivity contribution >= 4 is 28.1 Å². The molecule has 1 heterocycles. The van der Waals surface area contributed by atoms with Crippen LogP contribution in [-0.4, -0.2) is 15.8 Å². The SMILES string of the molecule is CCc1ccc(-c2csc(NC(=O)c3cccc([N+](=O)[O-])c3C)n2)cc1. The van der Waals surface area contributed by atoms with Gasteiger partial charge in [-0.3, -0.25) is 20.2 Å². The molecule has 0 fully saturated rings. The van der Waals surface area contributed by atoms with E-state index in [4.69, 9.17) is 0 Å². The molecule has 0 aliphatic heterocycles. The maximum atomic E-state index is 12.5. The number of carbonyl (C=O) groups is 1. The molecule has 3 aromatic rings. The van der Waals surface area contributed by atoms with Crippen molar-refractivity contribution in [2.45, 2.75) is 20.3 Å². The highest BCUT2D eigenvalue weighted by Gasteiger charge is 2.18. The second-order valence-corrected chi connectivity index (χ2v) is 6.61. The first-order valence-electron chi connectivity index (χ1n) is 8.09. The largest absolute Gasteiger partial charge is 0.298 e. The van der Waals surface area contributed by atoms with E-state index in [1.165, 1.54) is 29.0 Å². The summed E-state index contributed by atoms with van der Waals surface area (Å²) in [6.45, 7) is 3.66. The van der Waals surface area contributed by atoms with Crippen molar-refractivity contribution in [3.8, 4) is 11.3 Å². The first-order chi connectivity index (χ1) is 12.5. The van der Waals surface area contributed by atoms with Gasteiger partial charge in [0.15, 0.2) is 5.13 Å². The number of rotatable bonds is 5. The van der Waals surface area contributed by atoms with Crippen LogP contribution in [0.5, 0.6) is 0 Å². The Morgan fingerprint density at radius 1 is 1.23 bits per heavy atom. The second kappa shape index (κ2) is 7.45. The number of hydrogen-bond donors (Lipinski definition) is 1. The smallest absolute Gasteiger partial charge is 0.273 e. The number of nitro benzene ring substituents is 1. The van der Waals surface area contributed by atoms with Crippen molar-refractivity contribution in [2.24, 2.45) is 0 Å². The quantitative estimate of drug-likeness (QED) is 0.516. The molecular weight excluding hydrogens is 350 g/mol. The van der Waals surface area contributed by atoms with Crippen molar-refractivity contribution in [2.75, 3.05) is 5.32 Å². The maximum absolute atomic E-state index is 12.5. The number of thiazole rings is 1. The Hall–Kier alpha value is -3.06. The normalized spacial score (nSPS) is 10.5. The number of benzene rings is 2. The van der Waals surface area contributed by atoms with Gasteiger partial charge in [-0.05, 0) is 25.0 Å². The number of nitrogens with one attached hydrogen (secondary N) is 1. The highest BCUT2D eigenvalue weighted by Crippen LogP contribution is 2.27. The van der Waals surface area contributed by atoms with Gasteiger partial charge in [-0.25, -0.2) is 4.98 Å². The third-order valence-corrected chi connectivity index (χ3v) is 4.89. The van der Waals surface area contributed by atoms with Crippen LogP contribution in [0.1, 0.15) is 28.4 Å². The zero-order valence-electron chi connectivity index (χ0n) is 14.4. The molecule has 0 spiro atoms. The fraction of sp³-hybridized carbons (Fsp3) is 0.158. The molecule has 6 nitrogen and oxygen atoms in total. The average Bonchev–Trinajstić information content (AvgIpc) is 3.10. The molecular formula is C19H17N3O3S. The monoisotopic (exact) mass is 367 g/mol. The molecule has 7 heteroatoms. The van der Waals surface area contributed by atoms with Gasteiger partial charge in [0.1, 0.15) is 0 Å². The summed E-state index contributed by atoms with van der Waals surface area (Å²) in [6.07, 6.45) is 0.973. The summed E-state index contributed by atoms with van der Waals surface area (Å²) in [5.41, 5.74) is 3.53. The molecule has 1 N–H and O–H groups in total. The van der Waals surface area contributed by atoms with Crippen LogP contribution in [0.25, 0.3) is 11.3 Å². The van der Waals surface area contributed by atoms with E-state index in [2.05, 4.69) is 29.4 Å². The molecule has 132 valence electrons. The van der Waals surface area contributed by atoms with Gasteiger partial charge in [-0.2, -0.15) is 0 Å². The van der Waals surface area contributed by atoms with E-state index in [-0.39, 0.29) is 11.3 Å². The van der Waals surface area contributed by atoms with Crippen LogP contribution in [0, 0.1) is 17.0 Å². The predicted molar refractivity (Wildman–Crippen MR) is 103 cm³/mol. The number of aryl methyl sites for hydroxylation is 1. The van der Waals surface area contributed by atoms with Gasteiger partial charge in [0.25, 0.3) is 11.6 Å². The van der Waals surface area contributed by atoms with Crippen LogP contribution in [0.15, 0.2) is 47.8 Å². The Kier molecular flexibility index (Phi) is 5.09. The van der Waals surface area contributed by atoms with Crippen LogP contribution in [0.4, 0.5) is 10.8 Å². The highest BCUT2D eigenvalue weighted by molar-refractivity contribution is 7.14. The van der Waals surface area contributed by atoms with Crippen molar-refractivity contribution in [1.82, 2.24) is 4.98 Å². The molecule has 3 rings (SSSR count). The van der Waals surface area contributed by atoms with Gasteiger partial charge in [-0.1, -0.05) is 37.3 Å². The number of nitrogens with zero attached hydrogens (tertiary/aromatic N) is 2. The lowest BCUT2D eigenvalue weighted by Crippen LogP contribution is -2.14. The van der Waals surface area contributed by atoms with E-state index < -0.39 is 10.8 Å². The van der Waals surface area contributed by atoms with Gasteiger partial charge < -0.3 is 0 Å². The lowest BCUT2D eigenvalue weighted by molar-refractivity contribution is -0.385. The average molecular weight is 367 g/mol. The number of anilines is 1. The molecule has 1 amide bonds. The standard InChI is InChI=1S/C19H17N3O3S/c1-3-13-7-9-14(10-8-13)16-11-26-19(20-16)21-18(23)15-5-4-6-17(12(15)2)22(24)25/h4-11H,3H2,1-2H3,(H,20,21,23).